The average molecular weight is 310 g/mol. The number of amides is 1. The molecular formula is C16H24ClN3O. The van der Waals surface area contributed by atoms with Gasteiger partial charge in [0.2, 0.25) is 0 Å². The Morgan fingerprint density at radius 1 is 1.52 bits per heavy atom. The number of carbonyl (C=O) groups is 1. The van der Waals surface area contributed by atoms with E-state index in [9.17, 15) is 4.79 Å². The van der Waals surface area contributed by atoms with Crippen molar-refractivity contribution in [2.24, 2.45) is 5.92 Å². The maximum atomic E-state index is 12.6. The van der Waals surface area contributed by atoms with Gasteiger partial charge in [-0.3, -0.25) is 4.79 Å². The van der Waals surface area contributed by atoms with Crippen LogP contribution in [-0.2, 0) is 0 Å². The molecule has 1 aromatic heterocycles. The van der Waals surface area contributed by atoms with Crippen LogP contribution in [0.25, 0.3) is 0 Å². The minimum Gasteiger partial charge on any atom is -0.369 e. The van der Waals surface area contributed by atoms with Crippen molar-refractivity contribution >= 4 is 23.3 Å². The average Bonchev–Trinajstić information content (AvgIpc) is 2.45. The van der Waals surface area contributed by atoms with Crippen molar-refractivity contribution in [2.75, 3.05) is 18.4 Å². The van der Waals surface area contributed by atoms with E-state index in [4.69, 9.17) is 11.6 Å². The number of carbonyl (C=O) groups excluding carboxylic acids is 1. The van der Waals surface area contributed by atoms with Gasteiger partial charge in [-0.25, -0.2) is 4.98 Å². The molecule has 1 amide bonds. The van der Waals surface area contributed by atoms with E-state index < -0.39 is 0 Å². The SMILES string of the molecule is CCCNc1ncc(C(=O)N2CCC(C)CC2C)cc1Cl. The first-order valence-corrected chi connectivity index (χ1v) is 8.11. The van der Waals surface area contributed by atoms with Crippen LogP contribution in [-0.4, -0.2) is 34.9 Å². The maximum Gasteiger partial charge on any atom is 0.255 e. The number of nitrogens with zero attached hydrogens (tertiary/aromatic N) is 2. The van der Waals surface area contributed by atoms with Gasteiger partial charge in [0.25, 0.3) is 5.91 Å². The highest BCUT2D eigenvalue weighted by Gasteiger charge is 2.27. The summed E-state index contributed by atoms with van der Waals surface area (Å²) >= 11 is 6.21. The zero-order valence-electron chi connectivity index (χ0n) is 13.0. The summed E-state index contributed by atoms with van der Waals surface area (Å²) in [6.07, 6.45) is 4.75. The van der Waals surface area contributed by atoms with E-state index in [0.29, 0.717) is 22.3 Å². The molecule has 5 heteroatoms. The Morgan fingerprint density at radius 2 is 2.29 bits per heavy atom. The van der Waals surface area contributed by atoms with Gasteiger partial charge in [0.15, 0.2) is 0 Å². The van der Waals surface area contributed by atoms with Gasteiger partial charge < -0.3 is 10.2 Å². The van der Waals surface area contributed by atoms with Gasteiger partial charge >= 0.3 is 0 Å². The molecule has 2 unspecified atom stereocenters. The molecule has 2 heterocycles. The Bertz CT molecular complexity index is 506. The van der Waals surface area contributed by atoms with Gasteiger partial charge in [0, 0.05) is 25.3 Å². The lowest BCUT2D eigenvalue weighted by Gasteiger charge is -2.36. The summed E-state index contributed by atoms with van der Waals surface area (Å²) in [4.78, 5) is 18.8. The molecule has 0 radical (unpaired) electrons. The maximum absolute atomic E-state index is 12.6. The number of halogens is 1. The Labute approximate surface area is 131 Å². The number of hydrogen-bond donors (Lipinski definition) is 1. The number of hydrogen-bond acceptors (Lipinski definition) is 3. The normalized spacial score (nSPS) is 22.2. The Morgan fingerprint density at radius 3 is 2.90 bits per heavy atom. The molecule has 2 rings (SSSR count). The third-order valence-electron chi connectivity index (χ3n) is 4.03. The van der Waals surface area contributed by atoms with Gasteiger partial charge in [-0.05, 0) is 38.2 Å². The van der Waals surface area contributed by atoms with E-state index in [0.717, 1.165) is 32.4 Å². The van der Waals surface area contributed by atoms with Crippen LogP contribution in [0, 0.1) is 5.92 Å². The zero-order chi connectivity index (χ0) is 15.4. The summed E-state index contributed by atoms with van der Waals surface area (Å²) < 4.78 is 0. The van der Waals surface area contributed by atoms with E-state index >= 15 is 0 Å². The van der Waals surface area contributed by atoms with Crippen LogP contribution in [0.5, 0.6) is 0 Å². The summed E-state index contributed by atoms with van der Waals surface area (Å²) in [6, 6.07) is 2.00. The number of rotatable bonds is 4. The summed E-state index contributed by atoms with van der Waals surface area (Å²) in [5.74, 6) is 1.37. The van der Waals surface area contributed by atoms with Gasteiger partial charge in [-0.1, -0.05) is 25.4 Å². The molecular weight excluding hydrogens is 286 g/mol. The van der Waals surface area contributed by atoms with Gasteiger partial charge in [0.1, 0.15) is 5.82 Å². The predicted octanol–water partition coefficient (Wildman–Crippen LogP) is 3.82. The molecule has 4 nitrogen and oxygen atoms in total. The zero-order valence-corrected chi connectivity index (χ0v) is 13.8. The second-order valence-corrected chi connectivity index (χ2v) is 6.37. The Kier molecular flexibility index (Phi) is 5.45. The van der Waals surface area contributed by atoms with Crippen molar-refractivity contribution in [1.82, 2.24) is 9.88 Å². The first kappa shape index (κ1) is 16.1. The van der Waals surface area contributed by atoms with Crippen molar-refractivity contribution in [3.63, 3.8) is 0 Å². The molecule has 1 aromatic rings. The van der Waals surface area contributed by atoms with Crippen LogP contribution in [0.3, 0.4) is 0 Å². The van der Waals surface area contributed by atoms with E-state index in [1.54, 1.807) is 12.3 Å². The molecule has 0 aromatic carbocycles. The predicted molar refractivity (Wildman–Crippen MR) is 86.9 cm³/mol. The highest BCUT2D eigenvalue weighted by atomic mass is 35.5. The van der Waals surface area contributed by atoms with Gasteiger partial charge in [-0.15, -0.1) is 0 Å². The number of piperidine rings is 1. The number of pyridine rings is 1. The first-order chi connectivity index (χ1) is 10.0. The fraction of sp³-hybridized carbons (Fsp3) is 0.625. The molecule has 1 saturated heterocycles. The van der Waals surface area contributed by atoms with Crippen LogP contribution < -0.4 is 5.32 Å². The second kappa shape index (κ2) is 7.12. The van der Waals surface area contributed by atoms with E-state index in [1.165, 1.54) is 0 Å². The minimum absolute atomic E-state index is 0.0332. The quantitative estimate of drug-likeness (QED) is 0.919. The minimum atomic E-state index is 0.0332. The molecule has 116 valence electrons. The van der Waals surface area contributed by atoms with Crippen molar-refractivity contribution in [1.29, 1.82) is 0 Å². The molecule has 1 N–H and O–H groups in total. The smallest absolute Gasteiger partial charge is 0.255 e. The van der Waals surface area contributed by atoms with Gasteiger partial charge in [0.05, 0.1) is 10.6 Å². The second-order valence-electron chi connectivity index (χ2n) is 5.96. The van der Waals surface area contributed by atoms with Crippen LogP contribution in [0.1, 0.15) is 50.4 Å². The summed E-state index contributed by atoms with van der Waals surface area (Å²) in [6.45, 7) is 8.07. The fourth-order valence-electron chi connectivity index (χ4n) is 2.80. The summed E-state index contributed by atoms with van der Waals surface area (Å²) in [5.41, 5.74) is 0.573. The van der Waals surface area contributed by atoms with Crippen LogP contribution in [0.4, 0.5) is 5.82 Å². The lowest BCUT2D eigenvalue weighted by atomic mass is 9.93. The van der Waals surface area contributed by atoms with E-state index in [-0.39, 0.29) is 11.9 Å². The molecule has 2 atom stereocenters. The Hall–Kier alpha value is -1.29. The van der Waals surface area contributed by atoms with E-state index in [1.807, 2.05) is 4.90 Å². The molecule has 21 heavy (non-hydrogen) atoms. The third kappa shape index (κ3) is 3.88. The Balaban J connectivity index is 2.10. The fourth-order valence-corrected chi connectivity index (χ4v) is 3.04. The summed E-state index contributed by atoms with van der Waals surface area (Å²) in [5, 5.41) is 3.66. The third-order valence-corrected chi connectivity index (χ3v) is 4.32. The number of nitrogens with one attached hydrogen (secondary N) is 1. The monoisotopic (exact) mass is 309 g/mol. The van der Waals surface area contributed by atoms with Gasteiger partial charge in [-0.2, -0.15) is 0 Å². The number of anilines is 1. The van der Waals surface area contributed by atoms with E-state index in [2.05, 4.69) is 31.1 Å². The molecule has 0 spiro atoms. The number of aromatic nitrogens is 1. The molecule has 0 aliphatic carbocycles. The summed E-state index contributed by atoms with van der Waals surface area (Å²) in [7, 11) is 0. The number of likely N-dealkylation sites (tertiary alicyclic amines) is 1. The topological polar surface area (TPSA) is 45.2 Å². The van der Waals surface area contributed by atoms with Crippen LogP contribution in [0.2, 0.25) is 5.02 Å². The molecule has 0 saturated carbocycles. The molecule has 1 aliphatic rings. The lowest BCUT2D eigenvalue weighted by Crippen LogP contribution is -2.44. The van der Waals surface area contributed by atoms with Crippen LogP contribution in [0.15, 0.2) is 12.3 Å². The largest absolute Gasteiger partial charge is 0.369 e. The molecule has 1 aliphatic heterocycles. The first-order valence-electron chi connectivity index (χ1n) is 7.73. The van der Waals surface area contributed by atoms with Crippen molar-refractivity contribution in [3.8, 4) is 0 Å². The van der Waals surface area contributed by atoms with Crippen molar-refractivity contribution < 1.29 is 4.79 Å². The standard InChI is InChI=1S/C16H24ClN3O/c1-4-6-18-15-14(17)9-13(10-19-15)16(21)20-7-5-11(2)8-12(20)3/h9-12H,4-8H2,1-3H3,(H,18,19). The molecule has 1 fully saturated rings. The van der Waals surface area contributed by atoms with Crippen LogP contribution >= 0.6 is 11.6 Å². The lowest BCUT2D eigenvalue weighted by molar-refractivity contribution is 0.0588. The molecule has 0 bridgehead atoms. The highest BCUT2D eigenvalue weighted by Crippen LogP contribution is 2.26. The highest BCUT2D eigenvalue weighted by molar-refractivity contribution is 6.33. The van der Waals surface area contributed by atoms with Crippen molar-refractivity contribution in [2.45, 2.75) is 46.1 Å². The van der Waals surface area contributed by atoms with Crippen molar-refractivity contribution in [3.05, 3.63) is 22.8 Å².